The van der Waals surface area contributed by atoms with Crippen LogP contribution in [0, 0.1) is 6.92 Å². The Hall–Kier alpha value is -0.950. The molecule has 0 amide bonds. The molecule has 114 valence electrons. The maximum atomic E-state index is 12.2. The lowest BCUT2D eigenvalue weighted by atomic mass is 10.0. The molecule has 0 heterocycles. The van der Waals surface area contributed by atoms with Crippen LogP contribution >= 0.6 is 0 Å². The van der Waals surface area contributed by atoms with Crippen LogP contribution in [0.5, 0.6) is 0 Å². The molecule has 1 aromatic rings. The van der Waals surface area contributed by atoms with Gasteiger partial charge < -0.3 is 5.32 Å². The van der Waals surface area contributed by atoms with E-state index in [1.54, 1.807) is 7.05 Å². The van der Waals surface area contributed by atoms with Crippen LogP contribution in [0.1, 0.15) is 30.5 Å². The minimum absolute atomic E-state index is 0.243. The summed E-state index contributed by atoms with van der Waals surface area (Å²) in [4.78, 5) is 0. The molecular formula is C14H25N3O2S. The predicted molar refractivity (Wildman–Crippen MR) is 82.8 cm³/mol. The Kier molecular flexibility index (Phi) is 6.61. The molecule has 20 heavy (non-hydrogen) atoms. The molecule has 5 nitrogen and oxygen atoms in total. The van der Waals surface area contributed by atoms with E-state index in [9.17, 15) is 8.42 Å². The van der Waals surface area contributed by atoms with Crippen molar-refractivity contribution in [3.63, 3.8) is 0 Å². The van der Waals surface area contributed by atoms with Gasteiger partial charge in [0.05, 0.1) is 0 Å². The molecule has 0 fully saturated rings. The van der Waals surface area contributed by atoms with E-state index < -0.39 is 10.2 Å². The second-order valence-electron chi connectivity index (χ2n) is 4.98. The molecule has 0 bridgehead atoms. The third-order valence-electron chi connectivity index (χ3n) is 3.29. The van der Waals surface area contributed by atoms with Crippen LogP contribution in [0.4, 0.5) is 0 Å². The molecule has 1 rings (SSSR count). The van der Waals surface area contributed by atoms with Gasteiger partial charge in [-0.1, -0.05) is 24.3 Å². The largest absolute Gasteiger partial charge is 0.320 e. The topological polar surface area (TPSA) is 61.4 Å². The molecule has 2 N–H and O–H groups in total. The summed E-state index contributed by atoms with van der Waals surface area (Å²) >= 11 is 0. The lowest BCUT2D eigenvalue weighted by Crippen LogP contribution is -2.40. The van der Waals surface area contributed by atoms with E-state index in [1.807, 2.05) is 45.2 Å². The third kappa shape index (κ3) is 4.86. The van der Waals surface area contributed by atoms with Crippen molar-refractivity contribution in [2.45, 2.75) is 26.3 Å². The van der Waals surface area contributed by atoms with Crippen LogP contribution in [0.15, 0.2) is 24.3 Å². The molecule has 0 radical (unpaired) electrons. The maximum Gasteiger partial charge on any atom is 0.279 e. The van der Waals surface area contributed by atoms with Crippen molar-refractivity contribution in [3.8, 4) is 0 Å². The average Bonchev–Trinajstić information content (AvgIpc) is 2.38. The highest BCUT2D eigenvalue weighted by Gasteiger charge is 2.21. The van der Waals surface area contributed by atoms with Gasteiger partial charge in [0.2, 0.25) is 0 Å². The van der Waals surface area contributed by atoms with Crippen molar-refractivity contribution in [2.24, 2.45) is 0 Å². The number of hydrogen-bond acceptors (Lipinski definition) is 3. The van der Waals surface area contributed by atoms with Crippen molar-refractivity contribution in [2.75, 3.05) is 27.2 Å². The number of aryl methyl sites for hydroxylation is 1. The fraction of sp³-hybridized carbons (Fsp3) is 0.571. The average molecular weight is 299 g/mol. The van der Waals surface area contributed by atoms with Gasteiger partial charge in [-0.2, -0.15) is 17.4 Å². The molecule has 0 saturated carbocycles. The number of benzene rings is 1. The molecule has 0 saturated heterocycles. The van der Waals surface area contributed by atoms with Crippen LogP contribution in [-0.2, 0) is 10.2 Å². The van der Waals surface area contributed by atoms with Crippen LogP contribution in [0.2, 0.25) is 0 Å². The first-order valence-electron chi connectivity index (χ1n) is 6.82. The first-order chi connectivity index (χ1) is 9.38. The predicted octanol–water partition coefficient (Wildman–Crippen LogP) is 1.43. The first kappa shape index (κ1) is 17.1. The molecule has 1 unspecified atom stereocenters. The smallest absolute Gasteiger partial charge is 0.279 e. The summed E-state index contributed by atoms with van der Waals surface area (Å²) in [6, 6.07) is 7.56. The van der Waals surface area contributed by atoms with Crippen molar-refractivity contribution in [3.05, 3.63) is 35.4 Å². The quantitative estimate of drug-likeness (QED) is 0.714. The molecule has 0 aliphatic carbocycles. The van der Waals surface area contributed by atoms with Crippen molar-refractivity contribution >= 4 is 10.2 Å². The highest BCUT2D eigenvalue weighted by atomic mass is 32.2. The number of rotatable bonds is 8. The summed E-state index contributed by atoms with van der Waals surface area (Å²) in [5, 5.41) is 3.01. The van der Waals surface area contributed by atoms with Gasteiger partial charge in [-0.05, 0) is 45.0 Å². The monoisotopic (exact) mass is 299 g/mol. The molecule has 0 aromatic heterocycles. The lowest BCUT2D eigenvalue weighted by Gasteiger charge is -2.22. The Morgan fingerprint density at radius 3 is 2.55 bits per heavy atom. The summed E-state index contributed by atoms with van der Waals surface area (Å²) in [5.74, 6) is 0. The van der Waals surface area contributed by atoms with Gasteiger partial charge in [0.15, 0.2) is 0 Å². The van der Waals surface area contributed by atoms with E-state index in [2.05, 4.69) is 10.0 Å². The molecule has 6 heteroatoms. The summed E-state index contributed by atoms with van der Waals surface area (Å²) in [6.45, 7) is 5.14. The summed E-state index contributed by atoms with van der Waals surface area (Å²) in [5.41, 5.74) is 2.08. The normalized spacial score (nSPS) is 13.7. The zero-order valence-corrected chi connectivity index (χ0v) is 13.5. The molecular weight excluding hydrogens is 274 g/mol. The molecule has 1 atom stereocenters. The van der Waals surface area contributed by atoms with Crippen molar-refractivity contribution in [1.82, 2.24) is 14.3 Å². The van der Waals surface area contributed by atoms with Gasteiger partial charge in [0.25, 0.3) is 10.2 Å². The number of nitrogens with one attached hydrogen (secondary N) is 2. The van der Waals surface area contributed by atoms with Crippen molar-refractivity contribution in [1.29, 1.82) is 0 Å². The first-order valence-corrected chi connectivity index (χ1v) is 8.26. The van der Waals surface area contributed by atoms with Gasteiger partial charge in [-0.15, -0.1) is 0 Å². The van der Waals surface area contributed by atoms with Gasteiger partial charge in [-0.25, -0.2) is 0 Å². The number of hydrogen-bond donors (Lipinski definition) is 2. The van der Waals surface area contributed by atoms with Gasteiger partial charge in [-0.3, -0.25) is 0 Å². The zero-order chi connectivity index (χ0) is 15.2. The summed E-state index contributed by atoms with van der Waals surface area (Å²) < 4.78 is 28.5. The maximum absolute atomic E-state index is 12.2. The van der Waals surface area contributed by atoms with E-state index in [0.29, 0.717) is 6.54 Å². The molecule has 0 spiro atoms. The van der Waals surface area contributed by atoms with E-state index in [-0.39, 0.29) is 6.04 Å². The number of nitrogens with zero attached hydrogens (tertiary/aromatic N) is 1. The van der Waals surface area contributed by atoms with Crippen molar-refractivity contribution < 1.29 is 8.42 Å². The zero-order valence-electron chi connectivity index (χ0n) is 12.7. The van der Waals surface area contributed by atoms with Gasteiger partial charge in [0, 0.05) is 19.6 Å². The lowest BCUT2D eigenvalue weighted by molar-refractivity contribution is 0.441. The Morgan fingerprint density at radius 1 is 1.30 bits per heavy atom. The highest BCUT2D eigenvalue weighted by Crippen LogP contribution is 2.18. The fourth-order valence-electron chi connectivity index (χ4n) is 2.05. The van der Waals surface area contributed by atoms with Gasteiger partial charge in [0.1, 0.15) is 0 Å². The minimum atomic E-state index is -3.45. The summed E-state index contributed by atoms with van der Waals surface area (Å²) in [7, 11) is 0.00460. The van der Waals surface area contributed by atoms with E-state index >= 15 is 0 Å². The van der Waals surface area contributed by atoms with E-state index in [4.69, 9.17) is 0 Å². The van der Waals surface area contributed by atoms with Crippen LogP contribution in [0.25, 0.3) is 0 Å². The Morgan fingerprint density at radius 2 is 1.95 bits per heavy atom. The van der Waals surface area contributed by atoms with Crippen LogP contribution in [0.3, 0.4) is 0 Å². The van der Waals surface area contributed by atoms with Crippen LogP contribution < -0.4 is 10.0 Å². The third-order valence-corrected chi connectivity index (χ3v) is 4.95. The summed E-state index contributed by atoms with van der Waals surface area (Å²) in [6.07, 6.45) is 0.784. The molecule has 1 aromatic carbocycles. The second-order valence-corrected chi connectivity index (χ2v) is 6.79. The fourth-order valence-corrected chi connectivity index (χ4v) is 3.17. The SMILES string of the molecule is CNCCCN(C)S(=O)(=O)NC(C)c1ccccc1C. The second kappa shape index (κ2) is 7.73. The molecule has 0 aliphatic rings. The molecule has 0 aliphatic heterocycles. The van der Waals surface area contributed by atoms with Gasteiger partial charge >= 0.3 is 0 Å². The van der Waals surface area contributed by atoms with E-state index in [1.165, 1.54) is 4.31 Å². The highest BCUT2D eigenvalue weighted by molar-refractivity contribution is 7.87. The Labute approximate surface area is 122 Å². The minimum Gasteiger partial charge on any atom is -0.320 e. The van der Waals surface area contributed by atoms with E-state index in [0.717, 1.165) is 24.1 Å². The Bertz CT molecular complexity index is 517. The Balaban J connectivity index is 2.68. The van der Waals surface area contributed by atoms with Crippen LogP contribution in [-0.4, -0.2) is 39.9 Å². The standard InChI is InChI=1S/C14H25N3O2S/c1-12-8-5-6-9-14(12)13(2)16-20(18,19)17(4)11-7-10-15-3/h5-6,8-9,13,15-16H,7,10-11H2,1-4H3.